The number of esters is 1. The number of ether oxygens (including phenoxy) is 1. The van der Waals surface area contributed by atoms with Crippen molar-refractivity contribution in [3.8, 4) is 23.7 Å². The van der Waals surface area contributed by atoms with E-state index in [2.05, 4.69) is 36.8 Å². The summed E-state index contributed by atoms with van der Waals surface area (Å²) in [6.07, 6.45) is 10.8. The Hall–Kier alpha value is -2.23. The largest absolute Gasteiger partial charge is 0.445 e. The predicted molar refractivity (Wildman–Crippen MR) is 89.7 cm³/mol. The molecule has 0 aromatic carbocycles. The molecule has 0 aliphatic carbocycles. The molecule has 0 heterocycles. The lowest BCUT2D eigenvalue weighted by molar-refractivity contribution is -0.142. The van der Waals surface area contributed by atoms with Crippen molar-refractivity contribution in [3.63, 3.8) is 0 Å². The van der Waals surface area contributed by atoms with Crippen LogP contribution in [0.5, 0.6) is 0 Å². The van der Waals surface area contributed by atoms with Gasteiger partial charge in [0, 0.05) is 6.92 Å². The number of carbonyl (C=O) groups is 1. The summed E-state index contributed by atoms with van der Waals surface area (Å²) >= 11 is 0. The lowest BCUT2D eigenvalue weighted by Crippen LogP contribution is -2.11. The van der Waals surface area contributed by atoms with E-state index in [4.69, 9.17) is 9.84 Å². The average molecular weight is 300 g/mol. The molecule has 0 aromatic heterocycles. The minimum Gasteiger partial charge on any atom is -0.445 e. The fourth-order valence-corrected chi connectivity index (χ4v) is 1.52. The summed E-state index contributed by atoms with van der Waals surface area (Å²) in [6, 6.07) is 0. The highest BCUT2D eigenvalue weighted by Crippen LogP contribution is 2.05. The number of rotatable bonds is 9. The van der Waals surface area contributed by atoms with Gasteiger partial charge in [0.1, 0.15) is 6.10 Å². The number of allylic oxidation sites excluding steroid dienone is 2. The first kappa shape index (κ1) is 19.8. The molecule has 0 saturated carbocycles. The molecule has 0 rings (SSSR count). The van der Waals surface area contributed by atoms with E-state index in [0.29, 0.717) is 0 Å². The summed E-state index contributed by atoms with van der Waals surface area (Å²) in [4.78, 5) is 11.0. The molecule has 3 heteroatoms. The SMILES string of the molecule is C=CCCCCCC=C[C@@H](C#CC#C[C@@H](O)C=C)OC(C)=O. The maximum absolute atomic E-state index is 11.0. The highest BCUT2D eigenvalue weighted by Gasteiger charge is 2.02. The topological polar surface area (TPSA) is 46.5 Å². The van der Waals surface area contributed by atoms with Crippen LogP contribution >= 0.6 is 0 Å². The molecule has 0 radical (unpaired) electrons. The van der Waals surface area contributed by atoms with Crippen LogP contribution in [-0.2, 0) is 9.53 Å². The van der Waals surface area contributed by atoms with Crippen LogP contribution in [0.3, 0.4) is 0 Å². The first-order chi connectivity index (χ1) is 10.6. The monoisotopic (exact) mass is 300 g/mol. The van der Waals surface area contributed by atoms with Crippen molar-refractivity contribution in [2.45, 2.75) is 51.2 Å². The Balaban J connectivity index is 4.36. The Morgan fingerprint density at radius 1 is 1.18 bits per heavy atom. The molecule has 0 aromatic rings. The molecule has 0 fully saturated rings. The van der Waals surface area contributed by atoms with Gasteiger partial charge in [-0.1, -0.05) is 37.1 Å². The van der Waals surface area contributed by atoms with Crippen molar-refractivity contribution in [1.82, 2.24) is 0 Å². The van der Waals surface area contributed by atoms with Crippen molar-refractivity contribution in [2.24, 2.45) is 0 Å². The Labute approximate surface area is 133 Å². The number of hydrogen-bond donors (Lipinski definition) is 1. The van der Waals surface area contributed by atoms with Gasteiger partial charge in [-0.05, 0) is 49.5 Å². The zero-order chi connectivity index (χ0) is 16.6. The summed E-state index contributed by atoms with van der Waals surface area (Å²) in [5.74, 6) is 9.88. The van der Waals surface area contributed by atoms with Gasteiger partial charge in [0.15, 0.2) is 6.10 Å². The molecular weight excluding hydrogens is 276 g/mol. The molecule has 2 atom stereocenters. The normalized spacial score (nSPS) is 12.3. The number of aliphatic hydroxyl groups excluding tert-OH is 1. The van der Waals surface area contributed by atoms with Crippen molar-refractivity contribution in [1.29, 1.82) is 0 Å². The van der Waals surface area contributed by atoms with E-state index in [1.165, 1.54) is 13.0 Å². The molecule has 118 valence electrons. The molecule has 0 unspecified atom stereocenters. The van der Waals surface area contributed by atoms with Gasteiger partial charge in [-0.25, -0.2) is 0 Å². The summed E-state index contributed by atoms with van der Waals surface area (Å²) in [6.45, 7) is 8.43. The smallest absolute Gasteiger partial charge is 0.304 e. The second-order valence-corrected chi connectivity index (χ2v) is 4.60. The van der Waals surface area contributed by atoms with Crippen LogP contribution in [0.25, 0.3) is 0 Å². The minimum atomic E-state index is -0.896. The van der Waals surface area contributed by atoms with E-state index in [9.17, 15) is 4.79 Å². The molecule has 22 heavy (non-hydrogen) atoms. The van der Waals surface area contributed by atoms with Crippen LogP contribution in [0.1, 0.15) is 39.0 Å². The van der Waals surface area contributed by atoms with Crippen LogP contribution in [0.15, 0.2) is 37.5 Å². The zero-order valence-corrected chi connectivity index (χ0v) is 13.2. The second-order valence-electron chi connectivity index (χ2n) is 4.60. The molecule has 0 aliphatic heterocycles. The van der Waals surface area contributed by atoms with Crippen molar-refractivity contribution in [2.75, 3.05) is 0 Å². The van der Waals surface area contributed by atoms with Gasteiger partial charge in [0.05, 0.1) is 0 Å². The Morgan fingerprint density at radius 3 is 2.50 bits per heavy atom. The van der Waals surface area contributed by atoms with Gasteiger partial charge in [-0.15, -0.1) is 6.58 Å². The highest BCUT2D eigenvalue weighted by atomic mass is 16.5. The standard InChI is InChI=1S/C19H24O3/c1-4-6-7-8-9-10-11-15-19(22-17(3)20)16-13-12-14-18(21)5-2/h4-5,11,15,18-19,21H,1-2,6-10H2,3H3/t18-,19-/m0/s1. The van der Waals surface area contributed by atoms with E-state index in [1.54, 1.807) is 6.08 Å². The molecule has 0 spiro atoms. The fraction of sp³-hybridized carbons (Fsp3) is 0.421. The van der Waals surface area contributed by atoms with Crippen LogP contribution in [0, 0.1) is 23.7 Å². The number of hydrogen-bond acceptors (Lipinski definition) is 3. The van der Waals surface area contributed by atoms with Crippen LogP contribution in [-0.4, -0.2) is 23.3 Å². The Bertz CT molecular complexity index is 494. The van der Waals surface area contributed by atoms with Gasteiger partial charge in [0.25, 0.3) is 0 Å². The lowest BCUT2D eigenvalue weighted by atomic mass is 10.1. The van der Waals surface area contributed by atoms with E-state index < -0.39 is 18.2 Å². The molecule has 3 nitrogen and oxygen atoms in total. The number of unbranched alkanes of at least 4 members (excludes halogenated alkanes) is 4. The quantitative estimate of drug-likeness (QED) is 0.308. The molecule has 1 N–H and O–H groups in total. The maximum Gasteiger partial charge on any atom is 0.304 e. The maximum atomic E-state index is 11.0. The lowest BCUT2D eigenvalue weighted by Gasteiger charge is -2.05. The third-order valence-electron chi connectivity index (χ3n) is 2.60. The highest BCUT2D eigenvalue weighted by molar-refractivity contribution is 5.66. The van der Waals surface area contributed by atoms with Gasteiger partial charge >= 0.3 is 5.97 Å². The third-order valence-corrected chi connectivity index (χ3v) is 2.60. The van der Waals surface area contributed by atoms with Crippen LogP contribution < -0.4 is 0 Å². The van der Waals surface area contributed by atoms with Gasteiger partial charge in [-0.2, -0.15) is 0 Å². The van der Waals surface area contributed by atoms with Gasteiger partial charge in [-0.3, -0.25) is 4.79 Å². The molecule has 0 amide bonds. The summed E-state index contributed by atoms with van der Waals surface area (Å²) in [5.41, 5.74) is 0. The zero-order valence-electron chi connectivity index (χ0n) is 13.2. The first-order valence-corrected chi connectivity index (χ1v) is 7.36. The predicted octanol–water partition coefficient (Wildman–Crippen LogP) is 3.16. The van der Waals surface area contributed by atoms with Crippen LogP contribution in [0.4, 0.5) is 0 Å². The van der Waals surface area contributed by atoms with Crippen molar-refractivity contribution >= 4 is 5.97 Å². The van der Waals surface area contributed by atoms with Crippen molar-refractivity contribution < 1.29 is 14.6 Å². The summed E-state index contributed by atoms with van der Waals surface area (Å²) in [5, 5.41) is 9.17. The molecule has 0 saturated heterocycles. The minimum absolute atomic E-state index is 0.394. The average Bonchev–Trinajstić information content (AvgIpc) is 2.49. The van der Waals surface area contributed by atoms with Crippen LogP contribution in [0.2, 0.25) is 0 Å². The van der Waals surface area contributed by atoms with E-state index in [0.717, 1.165) is 32.1 Å². The third kappa shape index (κ3) is 12.8. The number of aliphatic hydroxyl groups is 1. The molecule has 0 aliphatic rings. The van der Waals surface area contributed by atoms with E-state index in [-0.39, 0.29) is 0 Å². The van der Waals surface area contributed by atoms with E-state index >= 15 is 0 Å². The Morgan fingerprint density at radius 2 is 1.86 bits per heavy atom. The van der Waals surface area contributed by atoms with Gasteiger partial charge in [0.2, 0.25) is 0 Å². The summed E-state index contributed by atoms with van der Waals surface area (Å²) < 4.78 is 5.07. The first-order valence-electron chi connectivity index (χ1n) is 7.36. The Kier molecular flexibility index (Phi) is 12.3. The van der Waals surface area contributed by atoms with Gasteiger partial charge < -0.3 is 9.84 Å². The summed E-state index contributed by atoms with van der Waals surface area (Å²) in [7, 11) is 0. The fourth-order valence-electron chi connectivity index (χ4n) is 1.52. The molecular formula is C19H24O3. The second kappa shape index (κ2) is 13.7. The van der Waals surface area contributed by atoms with E-state index in [1.807, 2.05) is 12.2 Å². The molecule has 0 bridgehead atoms. The van der Waals surface area contributed by atoms with Crippen molar-refractivity contribution in [3.05, 3.63) is 37.5 Å². The number of carbonyl (C=O) groups excluding carboxylic acids is 1.